The zero-order valence-corrected chi connectivity index (χ0v) is 12.0. The van der Waals surface area contributed by atoms with E-state index in [1.165, 1.54) is 16.7 Å². The van der Waals surface area contributed by atoms with Crippen molar-refractivity contribution in [3.05, 3.63) is 65.2 Å². The zero-order chi connectivity index (χ0) is 14.8. The van der Waals surface area contributed by atoms with Crippen molar-refractivity contribution < 1.29 is 10.2 Å². The lowest BCUT2D eigenvalue weighted by Gasteiger charge is -2.17. The molecule has 1 atom stereocenters. The van der Waals surface area contributed by atoms with Crippen molar-refractivity contribution >= 4 is 6.08 Å². The summed E-state index contributed by atoms with van der Waals surface area (Å²) in [5.74, 6) is 1.09. The molecule has 0 radical (unpaired) electrons. The lowest BCUT2D eigenvalue weighted by Crippen LogP contribution is -2.03. The van der Waals surface area contributed by atoms with Gasteiger partial charge in [0.25, 0.3) is 0 Å². The van der Waals surface area contributed by atoms with Gasteiger partial charge in [-0.25, -0.2) is 0 Å². The highest BCUT2D eigenvalue weighted by molar-refractivity contribution is 5.58. The zero-order valence-electron chi connectivity index (χ0n) is 12.0. The molecule has 21 heavy (non-hydrogen) atoms. The highest BCUT2D eigenvalue weighted by atomic mass is 16.3. The molecule has 0 amide bonds. The minimum atomic E-state index is 0.310. The molecule has 0 saturated carbocycles. The van der Waals surface area contributed by atoms with Crippen LogP contribution in [-0.2, 0) is 12.8 Å². The molecule has 0 aliphatic heterocycles. The van der Waals surface area contributed by atoms with Crippen molar-refractivity contribution in [2.75, 3.05) is 0 Å². The fraction of sp³-hybridized carbons (Fsp3) is 0.263. The maximum atomic E-state index is 9.83. The molecule has 0 fully saturated rings. The normalized spacial score (nSPS) is 17.8. The van der Waals surface area contributed by atoms with Crippen molar-refractivity contribution in [2.45, 2.75) is 31.6 Å². The highest BCUT2D eigenvalue weighted by Gasteiger charge is 2.20. The second-order valence-corrected chi connectivity index (χ2v) is 5.76. The van der Waals surface area contributed by atoms with E-state index in [1.807, 2.05) is 24.3 Å². The first-order valence-electron chi connectivity index (χ1n) is 7.43. The fourth-order valence-electron chi connectivity index (χ4n) is 3.31. The summed E-state index contributed by atoms with van der Waals surface area (Å²) in [4.78, 5) is 0. The van der Waals surface area contributed by atoms with Gasteiger partial charge in [0.15, 0.2) is 0 Å². The van der Waals surface area contributed by atoms with Crippen LogP contribution in [0, 0.1) is 0 Å². The third-order valence-corrected chi connectivity index (χ3v) is 4.40. The van der Waals surface area contributed by atoms with E-state index in [-0.39, 0.29) is 0 Å². The van der Waals surface area contributed by atoms with Crippen molar-refractivity contribution in [1.29, 1.82) is 0 Å². The van der Waals surface area contributed by atoms with Crippen LogP contribution in [0.1, 0.15) is 41.0 Å². The molecule has 2 heteroatoms. The Bertz CT molecular complexity index is 656. The number of aromatic hydroxyl groups is 2. The highest BCUT2D eigenvalue weighted by Crippen LogP contribution is 2.35. The molecular formula is C19H20O2. The Morgan fingerprint density at radius 2 is 1.81 bits per heavy atom. The molecular weight excluding hydrogens is 260 g/mol. The van der Waals surface area contributed by atoms with E-state index in [0.29, 0.717) is 17.4 Å². The smallest absolute Gasteiger partial charge is 0.116 e. The topological polar surface area (TPSA) is 40.5 Å². The van der Waals surface area contributed by atoms with E-state index in [0.717, 1.165) is 31.2 Å². The number of phenolic OH excluding ortho intramolecular Hbond substituents is 2. The third-order valence-electron chi connectivity index (χ3n) is 4.40. The number of fused-ring (bicyclic) bond motifs is 1. The Kier molecular flexibility index (Phi) is 3.70. The molecule has 0 spiro atoms. The minimum absolute atomic E-state index is 0.310. The Morgan fingerprint density at radius 1 is 1.05 bits per heavy atom. The van der Waals surface area contributed by atoms with Crippen LogP contribution in [0.3, 0.4) is 0 Å². The van der Waals surface area contributed by atoms with E-state index in [1.54, 1.807) is 18.2 Å². The van der Waals surface area contributed by atoms with Crippen LogP contribution in [0.2, 0.25) is 0 Å². The lowest BCUT2D eigenvalue weighted by atomic mass is 9.88. The summed E-state index contributed by atoms with van der Waals surface area (Å²) < 4.78 is 0. The van der Waals surface area contributed by atoms with Gasteiger partial charge in [-0.1, -0.05) is 24.8 Å². The first-order valence-corrected chi connectivity index (χ1v) is 7.43. The maximum absolute atomic E-state index is 9.83. The SMILES string of the molecule is C=Cc1cc(O)cc2c1CC(c1ccc(O)cc1)CCC2. The second kappa shape index (κ2) is 5.65. The molecule has 0 saturated heterocycles. The van der Waals surface area contributed by atoms with Gasteiger partial charge in [0.2, 0.25) is 0 Å². The van der Waals surface area contributed by atoms with Crippen LogP contribution in [-0.4, -0.2) is 10.2 Å². The molecule has 2 aromatic carbocycles. The Morgan fingerprint density at radius 3 is 2.52 bits per heavy atom. The molecule has 2 aromatic rings. The van der Waals surface area contributed by atoms with Crippen molar-refractivity contribution in [1.82, 2.24) is 0 Å². The summed E-state index contributed by atoms with van der Waals surface area (Å²) in [7, 11) is 0. The quantitative estimate of drug-likeness (QED) is 0.800. The van der Waals surface area contributed by atoms with Gasteiger partial charge in [0, 0.05) is 0 Å². The van der Waals surface area contributed by atoms with Crippen LogP contribution in [0.25, 0.3) is 6.08 Å². The molecule has 3 rings (SSSR count). The number of phenols is 2. The summed E-state index contributed by atoms with van der Waals surface area (Å²) in [6, 6.07) is 11.2. The van der Waals surface area contributed by atoms with Gasteiger partial charge in [-0.3, -0.25) is 0 Å². The average Bonchev–Trinajstić information content (AvgIpc) is 2.69. The number of rotatable bonds is 2. The summed E-state index contributed by atoms with van der Waals surface area (Å²) >= 11 is 0. The minimum Gasteiger partial charge on any atom is -0.508 e. The second-order valence-electron chi connectivity index (χ2n) is 5.76. The summed E-state index contributed by atoms with van der Waals surface area (Å²) in [6.07, 6.45) is 6.02. The van der Waals surface area contributed by atoms with Crippen molar-refractivity contribution in [2.24, 2.45) is 0 Å². The molecule has 0 aromatic heterocycles. The molecule has 0 heterocycles. The van der Waals surface area contributed by atoms with E-state index in [2.05, 4.69) is 6.58 Å². The van der Waals surface area contributed by atoms with Gasteiger partial charge in [-0.15, -0.1) is 0 Å². The predicted octanol–water partition coefficient (Wildman–Crippen LogP) is 4.40. The van der Waals surface area contributed by atoms with E-state index in [4.69, 9.17) is 0 Å². The number of benzene rings is 2. The molecule has 2 nitrogen and oxygen atoms in total. The molecule has 1 aliphatic carbocycles. The Labute approximate surface area is 125 Å². The standard InChI is InChI=1S/C19H20O2/c1-2-13-10-18(21)11-16-5-3-4-15(12-19(13)16)14-6-8-17(20)9-7-14/h2,6-11,15,20-21H,1,3-5,12H2. The van der Waals surface area contributed by atoms with Gasteiger partial charge in [0.1, 0.15) is 11.5 Å². The van der Waals surface area contributed by atoms with Gasteiger partial charge in [-0.05, 0) is 78.1 Å². The Balaban J connectivity index is 1.98. The van der Waals surface area contributed by atoms with Gasteiger partial charge >= 0.3 is 0 Å². The van der Waals surface area contributed by atoms with Crippen LogP contribution in [0.5, 0.6) is 11.5 Å². The number of hydrogen-bond donors (Lipinski definition) is 2. The fourth-order valence-corrected chi connectivity index (χ4v) is 3.31. The summed E-state index contributed by atoms with van der Waals surface area (Å²) in [5.41, 5.74) is 4.85. The third kappa shape index (κ3) is 2.80. The van der Waals surface area contributed by atoms with Gasteiger partial charge in [-0.2, -0.15) is 0 Å². The molecule has 0 bridgehead atoms. The van der Waals surface area contributed by atoms with Gasteiger partial charge < -0.3 is 10.2 Å². The van der Waals surface area contributed by atoms with Crippen LogP contribution < -0.4 is 0 Å². The van der Waals surface area contributed by atoms with Crippen LogP contribution >= 0.6 is 0 Å². The van der Waals surface area contributed by atoms with E-state index in [9.17, 15) is 10.2 Å². The van der Waals surface area contributed by atoms with E-state index >= 15 is 0 Å². The Hall–Kier alpha value is -2.22. The van der Waals surface area contributed by atoms with Crippen molar-refractivity contribution in [3.63, 3.8) is 0 Å². The predicted molar refractivity (Wildman–Crippen MR) is 85.7 cm³/mol. The van der Waals surface area contributed by atoms with Crippen molar-refractivity contribution in [3.8, 4) is 11.5 Å². The molecule has 1 unspecified atom stereocenters. The molecule has 1 aliphatic rings. The molecule has 108 valence electrons. The lowest BCUT2D eigenvalue weighted by molar-refractivity contribution is 0.473. The number of aryl methyl sites for hydroxylation is 1. The molecule has 2 N–H and O–H groups in total. The van der Waals surface area contributed by atoms with E-state index < -0.39 is 0 Å². The first-order chi connectivity index (χ1) is 10.2. The summed E-state index contributed by atoms with van der Waals surface area (Å²) in [6.45, 7) is 3.88. The maximum Gasteiger partial charge on any atom is 0.116 e. The first kappa shape index (κ1) is 13.7. The number of hydrogen-bond acceptors (Lipinski definition) is 2. The largest absolute Gasteiger partial charge is 0.508 e. The van der Waals surface area contributed by atoms with Crippen LogP contribution in [0.4, 0.5) is 0 Å². The summed E-state index contributed by atoms with van der Waals surface area (Å²) in [5, 5.41) is 19.3. The van der Waals surface area contributed by atoms with Crippen LogP contribution in [0.15, 0.2) is 43.0 Å². The van der Waals surface area contributed by atoms with Gasteiger partial charge in [0.05, 0.1) is 0 Å². The monoisotopic (exact) mass is 280 g/mol. The average molecular weight is 280 g/mol.